The number of nitrogens with one attached hydrogen (secondary N) is 1. The van der Waals surface area contributed by atoms with Crippen LogP contribution in [0.25, 0.3) is 0 Å². The van der Waals surface area contributed by atoms with Crippen molar-refractivity contribution in [2.24, 2.45) is 0 Å². The Hall–Kier alpha value is -3.79. The third kappa shape index (κ3) is 3.90. The van der Waals surface area contributed by atoms with E-state index in [9.17, 15) is 4.79 Å². The van der Waals surface area contributed by atoms with Crippen LogP contribution in [0.1, 0.15) is 21.5 Å². The van der Waals surface area contributed by atoms with E-state index < -0.39 is 0 Å². The van der Waals surface area contributed by atoms with Crippen LogP contribution in [-0.4, -0.2) is 29.9 Å². The fraction of sp³-hybridized carbons (Fsp3) is 0.150. The number of aromatic nitrogens is 2. The number of amides is 1. The van der Waals surface area contributed by atoms with Gasteiger partial charge in [-0.25, -0.2) is 4.68 Å². The van der Waals surface area contributed by atoms with Gasteiger partial charge in [0, 0.05) is 17.2 Å². The normalized spacial score (nSPS) is 10.1. The van der Waals surface area contributed by atoms with Gasteiger partial charge in [-0.15, -0.1) is 0 Å². The van der Waals surface area contributed by atoms with Gasteiger partial charge in [-0.2, -0.15) is 10.4 Å². The fourth-order valence-electron chi connectivity index (χ4n) is 2.69. The lowest BCUT2D eigenvalue weighted by molar-refractivity contribution is 0.102. The monoisotopic (exact) mass is 362 g/mol. The summed E-state index contributed by atoms with van der Waals surface area (Å²) in [6.07, 6.45) is 1.61. The SMILES string of the molecule is COc1cccc(Cn2nccc2NC(=O)c2ccc(C#N)cc2)c1OC. The Morgan fingerprint density at radius 2 is 1.93 bits per heavy atom. The van der Waals surface area contributed by atoms with E-state index in [0.29, 0.717) is 35.0 Å². The lowest BCUT2D eigenvalue weighted by atomic mass is 10.1. The summed E-state index contributed by atoms with van der Waals surface area (Å²) < 4.78 is 12.4. The van der Waals surface area contributed by atoms with Gasteiger partial charge >= 0.3 is 0 Å². The minimum Gasteiger partial charge on any atom is -0.493 e. The summed E-state index contributed by atoms with van der Waals surface area (Å²) in [6, 6.07) is 15.8. The summed E-state index contributed by atoms with van der Waals surface area (Å²) in [6.45, 7) is 0.399. The maximum atomic E-state index is 12.5. The zero-order chi connectivity index (χ0) is 19.2. The van der Waals surface area contributed by atoms with E-state index in [1.54, 1.807) is 55.4 Å². The standard InChI is InChI=1S/C20H18N4O3/c1-26-17-5-3-4-16(19(17)27-2)13-24-18(10-11-22-24)23-20(25)15-8-6-14(12-21)7-9-15/h3-11H,13H2,1-2H3,(H,23,25). The van der Waals surface area contributed by atoms with E-state index >= 15 is 0 Å². The molecule has 0 saturated carbocycles. The first-order valence-corrected chi connectivity index (χ1v) is 8.19. The molecule has 3 rings (SSSR count). The first kappa shape index (κ1) is 18.0. The molecule has 1 amide bonds. The molecular formula is C20H18N4O3. The van der Waals surface area contributed by atoms with Crippen LogP contribution >= 0.6 is 0 Å². The van der Waals surface area contributed by atoms with Crippen molar-refractivity contribution in [1.82, 2.24) is 9.78 Å². The highest BCUT2D eigenvalue weighted by Crippen LogP contribution is 2.31. The molecule has 136 valence electrons. The van der Waals surface area contributed by atoms with Crippen LogP contribution in [0.2, 0.25) is 0 Å². The molecule has 0 bridgehead atoms. The highest BCUT2D eigenvalue weighted by molar-refractivity contribution is 6.03. The molecule has 0 atom stereocenters. The van der Waals surface area contributed by atoms with Gasteiger partial charge in [-0.1, -0.05) is 12.1 Å². The molecule has 1 N–H and O–H groups in total. The minimum atomic E-state index is -0.279. The van der Waals surface area contributed by atoms with Gasteiger partial charge in [0.25, 0.3) is 5.91 Å². The number of methoxy groups -OCH3 is 2. The zero-order valence-electron chi connectivity index (χ0n) is 15.0. The van der Waals surface area contributed by atoms with Crippen LogP contribution in [0.3, 0.4) is 0 Å². The summed E-state index contributed by atoms with van der Waals surface area (Å²) in [5.74, 6) is 1.53. The largest absolute Gasteiger partial charge is 0.493 e. The Bertz CT molecular complexity index is 987. The van der Waals surface area contributed by atoms with Crippen molar-refractivity contribution in [1.29, 1.82) is 5.26 Å². The lowest BCUT2D eigenvalue weighted by Crippen LogP contribution is -2.16. The number of carbonyl (C=O) groups excluding carboxylic acids is 1. The first-order valence-electron chi connectivity index (χ1n) is 8.19. The van der Waals surface area contributed by atoms with Crippen molar-refractivity contribution in [2.75, 3.05) is 19.5 Å². The van der Waals surface area contributed by atoms with Crippen molar-refractivity contribution < 1.29 is 14.3 Å². The number of nitriles is 1. The zero-order valence-corrected chi connectivity index (χ0v) is 15.0. The molecule has 0 aliphatic carbocycles. The predicted molar refractivity (Wildman–Crippen MR) is 100.0 cm³/mol. The van der Waals surface area contributed by atoms with Crippen LogP contribution in [0.15, 0.2) is 54.7 Å². The topological polar surface area (TPSA) is 89.2 Å². The highest BCUT2D eigenvalue weighted by atomic mass is 16.5. The molecule has 1 aromatic heterocycles. The molecule has 0 fully saturated rings. The quantitative estimate of drug-likeness (QED) is 0.728. The molecule has 1 heterocycles. The summed E-state index contributed by atoms with van der Waals surface area (Å²) >= 11 is 0. The van der Waals surface area contributed by atoms with Crippen molar-refractivity contribution >= 4 is 11.7 Å². The average Bonchev–Trinajstić information content (AvgIpc) is 3.14. The third-order valence-electron chi connectivity index (χ3n) is 4.04. The maximum Gasteiger partial charge on any atom is 0.256 e. The molecule has 0 aliphatic rings. The summed E-state index contributed by atoms with van der Waals surface area (Å²) in [5.41, 5.74) is 1.83. The number of ether oxygens (including phenoxy) is 2. The molecule has 3 aromatic rings. The third-order valence-corrected chi connectivity index (χ3v) is 4.04. The summed E-state index contributed by atoms with van der Waals surface area (Å²) in [5, 5.41) is 16.0. The fourth-order valence-corrected chi connectivity index (χ4v) is 2.69. The molecule has 27 heavy (non-hydrogen) atoms. The molecule has 0 saturated heterocycles. The number of benzene rings is 2. The minimum absolute atomic E-state index is 0.279. The molecular weight excluding hydrogens is 344 g/mol. The number of anilines is 1. The van der Waals surface area contributed by atoms with E-state index in [4.69, 9.17) is 14.7 Å². The number of nitrogens with zero attached hydrogens (tertiary/aromatic N) is 3. The second-order valence-corrected chi connectivity index (χ2v) is 5.67. The smallest absolute Gasteiger partial charge is 0.256 e. The van der Waals surface area contributed by atoms with Crippen molar-refractivity contribution in [2.45, 2.75) is 6.54 Å². The summed E-state index contributed by atoms with van der Waals surface area (Å²) in [4.78, 5) is 12.5. The van der Waals surface area contributed by atoms with Crippen LogP contribution in [0.5, 0.6) is 11.5 Å². The van der Waals surface area contributed by atoms with Crippen LogP contribution in [0.4, 0.5) is 5.82 Å². The molecule has 0 aliphatic heterocycles. The summed E-state index contributed by atoms with van der Waals surface area (Å²) in [7, 11) is 3.16. The average molecular weight is 362 g/mol. The second-order valence-electron chi connectivity index (χ2n) is 5.67. The predicted octanol–water partition coefficient (Wildman–Crippen LogP) is 3.07. The second kappa shape index (κ2) is 8.06. The molecule has 7 heteroatoms. The Balaban J connectivity index is 1.80. The maximum absolute atomic E-state index is 12.5. The van der Waals surface area contributed by atoms with Crippen molar-refractivity contribution in [3.8, 4) is 17.6 Å². The molecule has 0 unspecified atom stereocenters. The Labute approximate surface area is 156 Å². The number of rotatable bonds is 6. The molecule has 7 nitrogen and oxygen atoms in total. The highest BCUT2D eigenvalue weighted by Gasteiger charge is 2.14. The lowest BCUT2D eigenvalue weighted by Gasteiger charge is -2.14. The van der Waals surface area contributed by atoms with Crippen LogP contribution in [-0.2, 0) is 6.54 Å². The van der Waals surface area contributed by atoms with Gasteiger partial charge < -0.3 is 14.8 Å². The van der Waals surface area contributed by atoms with E-state index in [1.807, 2.05) is 24.3 Å². The van der Waals surface area contributed by atoms with Crippen LogP contribution < -0.4 is 14.8 Å². The van der Waals surface area contributed by atoms with Gasteiger partial charge in [-0.05, 0) is 30.3 Å². The number of carbonyl (C=O) groups is 1. The number of hydrogen-bond donors (Lipinski definition) is 1. The van der Waals surface area contributed by atoms with Crippen molar-refractivity contribution in [3.63, 3.8) is 0 Å². The number of para-hydroxylation sites is 1. The molecule has 0 spiro atoms. The first-order chi connectivity index (χ1) is 13.2. The van der Waals surface area contributed by atoms with Gasteiger partial charge in [0.2, 0.25) is 0 Å². The van der Waals surface area contributed by atoms with E-state index in [0.717, 1.165) is 5.56 Å². The number of hydrogen-bond acceptors (Lipinski definition) is 5. The van der Waals surface area contributed by atoms with Gasteiger partial charge in [-0.3, -0.25) is 4.79 Å². The van der Waals surface area contributed by atoms with E-state index in [-0.39, 0.29) is 5.91 Å². The van der Waals surface area contributed by atoms with E-state index in [2.05, 4.69) is 10.4 Å². The van der Waals surface area contributed by atoms with Crippen LogP contribution in [0, 0.1) is 11.3 Å². The van der Waals surface area contributed by atoms with Gasteiger partial charge in [0.15, 0.2) is 11.5 Å². The molecule has 2 aromatic carbocycles. The van der Waals surface area contributed by atoms with Crippen molar-refractivity contribution in [3.05, 3.63) is 71.4 Å². The van der Waals surface area contributed by atoms with Gasteiger partial charge in [0.05, 0.1) is 38.6 Å². The van der Waals surface area contributed by atoms with E-state index in [1.165, 1.54) is 0 Å². The van der Waals surface area contributed by atoms with Gasteiger partial charge in [0.1, 0.15) is 5.82 Å². The Morgan fingerprint density at radius 1 is 1.15 bits per heavy atom. The Morgan fingerprint density at radius 3 is 2.59 bits per heavy atom. The molecule has 0 radical (unpaired) electrons. The Kier molecular flexibility index (Phi) is 5.38.